The first-order valence-electron chi connectivity index (χ1n) is 10.8. The second kappa shape index (κ2) is 8.71. The number of imide groups is 1. The third-order valence-electron chi connectivity index (χ3n) is 6.35. The van der Waals surface area contributed by atoms with Crippen molar-refractivity contribution in [2.75, 3.05) is 22.9 Å². The quantitative estimate of drug-likeness (QED) is 0.403. The Morgan fingerprint density at radius 2 is 1.65 bits per heavy atom. The highest BCUT2D eigenvalue weighted by molar-refractivity contribution is 6.16. The maximum absolute atomic E-state index is 13.1. The van der Waals surface area contributed by atoms with Gasteiger partial charge in [-0.05, 0) is 49.1 Å². The van der Waals surface area contributed by atoms with Crippen LogP contribution in [-0.4, -0.2) is 34.9 Å². The molecule has 2 heterocycles. The Hall–Kier alpha value is -3.47. The predicted molar refractivity (Wildman–Crippen MR) is 116 cm³/mol. The van der Waals surface area contributed by atoms with Gasteiger partial charge < -0.3 is 10.0 Å². The molecule has 1 N–H and O–H groups in total. The predicted octanol–water partition coefficient (Wildman–Crippen LogP) is 4.15. The molecule has 8 nitrogen and oxygen atoms in total. The minimum absolute atomic E-state index is 0.0658. The lowest BCUT2D eigenvalue weighted by atomic mass is 9.83. The summed E-state index contributed by atoms with van der Waals surface area (Å²) >= 11 is 0. The number of benzene rings is 2. The average molecular weight is 477 g/mol. The van der Waals surface area contributed by atoms with Gasteiger partial charge in [-0.1, -0.05) is 12.1 Å². The van der Waals surface area contributed by atoms with Crippen LogP contribution >= 0.6 is 0 Å². The fourth-order valence-corrected chi connectivity index (χ4v) is 4.50. The van der Waals surface area contributed by atoms with E-state index in [9.17, 15) is 38.0 Å². The van der Waals surface area contributed by atoms with Gasteiger partial charge in [0.15, 0.2) is 0 Å². The molecule has 0 bridgehead atoms. The second-order valence-electron chi connectivity index (χ2n) is 8.50. The van der Waals surface area contributed by atoms with Crippen molar-refractivity contribution in [3.63, 3.8) is 0 Å². The number of nitro groups is 1. The monoisotopic (exact) mass is 477 g/mol. The zero-order chi connectivity index (χ0) is 24.7. The van der Waals surface area contributed by atoms with Gasteiger partial charge in [0.05, 0.1) is 21.8 Å². The van der Waals surface area contributed by atoms with Gasteiger partial charge >= 0.3 is 6.18 Å². The van der Waals surface area contributed by atoms with Gasteiger partial charge in [-0.3, -0.25) is 24.6 Å². The lowest BCUT2D eigenvalue weighted by Gasteiger charge is -2.39. The number of nitro benzene ring substituents is 1. The minimum atomic E-state index is -4.54. The van der Waals surface area contributed by atoms with Crippen LogP contribution in [0.4, 0.5) is 30.2 Å². The largest absolute Gasteiger partial charge is 0.416 e. The summed E-state index contributed by atoms with van der Waals surface area (Å²) in [6, 6.07) is 8.66. The smallest absolute Gasteiger partial charge is 0.385 e. The summed E-state index contributed by atoms with van der Waals surface area (Å²) in [5.41, 5.74) is -2.13. The number of hydrogen-bond acceptors (Lipinski definition) is 6. The summed E-state index contributed by atoms with van der Waals surface area (Å²) in [5, 5.41) is 22.8. The molecule has 0 unspecified atom stereocenters. The highest BCUT2D eigenvalue weighted by Gasteiger charge is 2.38. The molecule has 34 heavy (non-hydrogen) atoms. The number of alkyl halides is 3. The van der Waals surface area contributed by atoms with Crippen molar-refractivity contribution in [2.24, 2.45) is 0 Å². The van der Waals surface area contributed by atoms with E-state index in [1.807, 2.05) is 0 Å². The third kappa shape index (κ3) is 4.47. The Balaban J connectivity index is 1.57. The van der Waals surface area contributed by atoms with Crippen LogP contribution in [0, 0.1) is 10.1 Å². The Bertz CT molecular complexity index is 1130. The first-order chi connectivity index (χ1) is 16.0. The second-order valence-corrected chi connectivity index (χ2v) is 8.50. The SMILES string of the molecule is O=C1CCCC(=O)N1c1ccc(N2CCC(O)(c3cccc(C(F)(F)F)c3)CC2)c([N+](=O)[O-])c1. The summed E-state index contributed by atoms with van der Waals surface area (Å²) in [4.78, 5) is 38.2. The third-order valence-corrected chi connectivity index (χ3v) is 6.35. The van der Waals surface area contributed by atoms with E-state index in [1.54, 1.807) is 4.90 Å². The van der Waals surface area contributed by atoms with E-state index in [4.69, 9.17) is 0 Å². The van der Waals surface area contributed by atoms with E-state index in [2.05, 4.69) is 0 Å². The minimum Gasteiger partial charge on any atom is -0.385 e. The number of carbonyl (C=O) groups excluding carboxylic acids is 2. The standard InChI is InChI=1S/C23H22F3N3O5/c24-23(25,26)16-4-1-3-15(13-16)22(32)9-11-27(12-10-22)18-8-7-17(14-19(18)29(33)34)28-20(30)5-2-6-21(28)31/h1,3-4,7-8,13-14,32H,2,5-6,9-12H2. The van der Waals surface area contributed by atoms with Gasteiger partial charge in [-0.2, -0.15) is 13.2 Å². The summed E-state index contributed by atoms with van der Waals surface area (Å²) in [6.45, 7) is 0.322. The molecule has 2 aliphatic heterocycles. The summed E-state index contributed by atoms with van der Waals surface area (Å²) in [5.74, 6) is -0.829. The van der Waals surface area contributed by atoms with Gasteiger partial charge in [0.25, 0.3) is 5.69 Å². The zero-order valence-corrected chi connectivity index (χ0v) is 18.0. The zero-order valence-electron chi connectivity index (χ0n) is 18.0. The van der Waals surface area contributed by atoms with E-state index in [0.29, 0.717) is 6.42 Å². The topological polar surface area (TPSA) is 104 Å². The van der Waals surface area contributed by atoms with Crippen molar-refractivity contribution in [3.8, 4) is 0 Å². The molecule has 0 aromatic heterocycles. The average Bonchev–Trinajstić information content (AvgIpc) is 2.79. The number of piperidine rings is 2. The Labute approximate surface area is 192 Å². The van der Waals surface area contributed by atoms with Crippen LogP contribution in [0.25, 0.3) is 0 Å². The maximum atomic E-state index is 13.1. The highest BCUT2D eigenvalue weighted by atomic mass is 19.4. The molecule has 2 fully saturated rings. The first kappa shape index (κ1) is 23.7. The summed E-state index contributed by atoms with van der Waals surface area (Å²) in [7, 11) is 0. The van der Waals surface area contributed by atoms with Crippen molar-refractivity contribution in [1.82, 2.24) is 0 Å². The van der Waals surface area contributed by atoms with Gasteiger partial charge in [0, 0.05) is 32.0 Å². The molecular weight excluding hydrogens is 455 g/mol. The molecular formula is C23H22F3N3O5. The molecule has 11 heteroatoms. The fourth-order valence-electron chi connectivity index (χ4n) is 4.50. The van der Waals surface area contributed by atoms with Crippen LogP contribution in [0.3, 0.4) is 0 Å². The van der Waals surface area contributed by atoms with Crippen LogP contribution in [-0.2, 0) is 21.4 Å². The van der Waals surface area contributed by atoms with Crippen molar-refractivity contribution >= 4 is 28.9 Å². The lowest BCUT2D eigenvalue weighted by molar-refractivity contribution is -0.384. The van der Waals surface area contributed by atoms with Crippen LogP contribution in [0.1, 0.15) is 43.2 Å². The molecule has 0 saturated carbocycles. The van der Waals surface area contributed by atoms with Gasteiger partial charge in [-0.25, -0.2) is 0 Å². The van der Waals surface area contributed by atoms with E-state index in [0.717, 1.165) is 17.0 Å². The molecule has 2 amide bonds. The molecule has 180 valence electrons. The van der Waals surface area contributed by atoms with E-state index >= 15 is 0 Å². The molecule has 0 atom stereocenters. The fraction of sp³-hybridized carbons (Fsp3) is 0.391. The van der Waals surface area contributed by atoms with Crippen molar-refractivity contribution in [1.29, 1.82) is 0 Å². The van der Waals surface area contributed by atoms with Gasteiger partial charge in [0.2, 0.25) is 11.8 Å². The van der Waals surface area contributed by atoms with Crippen molar-refractivity contribution in [2.45, 2.75) is 43.9 Å². The van der Waals surface area contributed by atoms with E-state index in [-0.39, 0.29) is 61.4 Å². The Morgan fingerprint density at radius 1 is 1.00 bits per heavy atom. The van der Waals surface area contributed by atoms with Gasteiger partial charge in [-0.15, -0.1) is 0 Å². The first-order valence-corrected chi connectivity index (χ1v) is 10.8. The maximum Gasteiger partial charge on any atom is 0.416 e. The molecule has 2 aromatic carbocycles. The number of nitrogens with zero attached hydrogens (tertiary/aromatic N) is 3. The lowest BCUT2D eigenvalue weighted by Crippen LogP contribution is -2.43. The van der Waals surface area contributed by atoms with Crippen LogP contribution in [0.5, 0.6) is 0 Å². The number of hydrogen-bond donors (Lipinski definition) is 1. The van der Waals surface area contributed by atoms with Gasteiger partial charge in [0.1, 0.15) is 5.69 Å². The number of halogens is 3. The number of anilines is 2. The Morgan fingerprint density at radius 3 is 2.24 bits per heavy atom. The summed E-state index contributed by atoms with van der Waals surface area (Å²) in [6.07, 6.45) is -3.60. The summed E-state index contributed by atoms with van der Waals surface area (Å²) < 4.78 is 39.2. The molecule has 2 saturated heterocycles. The van der Waals surface area contributed by atoms with Crippen LogP contribution in [0.15, 0.2) is 42.5 Å². The molecule has 0 radical (unpaired) electrons. The number of aliphatic hydroxyl groups is 1. The number of amides is 2. The highest BCUT2D eigenvalue weighted by Crippen LogP contribution is 2.40. The molecule has 0 spiro atoms. The normalized spacial score (nSPS) is 18.8. The van der Waals surface area contributed by atoms with E-state index < -0.39 is 34.1 Å². The van der Waals surface area contributed by atoms with Crippen molar-refractivity contribution < 1.29 is 32.8 Å². The number of rotatable bonds is 4. The molecule has 4 rings (SSSR count). The van der Waals surface area contributed by atoms with Crippen LogP contribution < -0.4 is 9.80 Å². The number of carbonyl (C=O) groups is 2. The molecule has 2 aliphatic rings. The Kier molecular flexibility index (Phi) is 6.07. The van der Waals surface area contributed by atoms with E-state index in [1.165, 1.54) is 30.3 Å². The molecule has 2 aromatic rings. The molecule has 0 aliphatic carbocycles. The van der Waals surface area contributed by atoms with Crippen LogP contribution in [0.2, 0.25) is 0 Å². The van der Waals surface area contributed by atoms with Crippen molar-refractivity contribution in [3.05, 3.63) is 63.7 Å².